The maximum absolute atomic E-state index is 13.0. The third-order valence-corrected chi connectivity index (χ3v) is 3.97. The lowest BCUT2D eigenvalue weighted by molar-refractivity contribution is -0.138. The summed E-state index contributed by atoms with van der Waals surface area (Å²) < 4.78 is 10.4. The van der Waals surface area contributed by atoms with Gasteiger partial charge in [0.2, 0.25) is 0 Å². The second-order valence-electron chi connectivity index (χ2n) is 8.67. The molecule has 1 unspecified atom stereocenters. The molecule has 6 nitrogen and oxygen atoms in total. The standard InChI is InChI=1S/C20H33NO5/c1-12(2)9-14-11-16(22)17(18(23)25-8)15(10-13(3)4)21(14)19(24)26-20(5,6)7/h12-14H,9-11H2,1-8H3. The van der Waals surface area contributed by atoms with E-state index in [1.165, 1.54) is 12.0 Å². The number of nitrogens with zero attached hydrogens (tertiary/aromatic N) is 1. The average Bonchev–Trinajstić information content (AvgIpc) is 2.43. The van der Waals surface area contributed by atoms with E-state index in [-0.39, 0.29) is 35.7 Å². The number of ether oxygens (including phenoxy) is 2. The summed E-state index contributed by atoms with van der Waals surface area (Å²) in [6.07, 6.45) is 0.654. The molecule has 1 amide bonds. The zero-order valence-corrected chi connectivity index (χ0v) is 17.3. The summed E-state index contributed by atoms with van der Waals surface area (Å²) in [7, 11) is 1.24. The first-order valence-corrected chi connectivity index (χ1v) is 9.24. The van der Waals surface area contributed by atoms with Gasteiger partial charge in [0.25, 0.3) is 0 Å². The molecule has 1 heterocycles. The number of allylic oxidation sites excluding steroid dienone is 1. The highest BCUT2D eigenvalue weighted by Gasteiger charge is 2.42. The van der Waals surface area contributed by atoms with E-state index in [1.54, 1.807) is 20.8 Å². The molecule has 0 aromatic heterocycles. The molecule has 0 bridgehead atoms. The van der Waals surface area contributed by atoms with E-state index in [2.05, 4.69) is 0 Å². The van der Waals surface area contributed by atoms with Crippen LogP contribution in [0.4, 0.5) is 4.79 Å². The first-order valence-electron chi connectivity index (χ1n) is 9.24. The molecule has 148 valence electrons. The van der Waals surface area contributed by atoms with E-state index in [0.717, 1.165) is 0 Å². The van der Waals surface area contributed by atoms with Crippen LogP contribution in [0.2, 0.25) is 0 Å². The van der Waals surface area contributed by atoms with Gasteiger partial charge in [0.15, 0.2) is 5.78 Å². The van der Waals surface area contributed by atoms with Crippen molar-refractivity contribution in [2.75, 3.05) is 7.11 Å². The number of methoxy groups -OCH3 is 1. The van der Waals surface area contributed by atoms with Crippen molar-refractivity contribution >= 4 is 17.8 Å². The van der Waals surface area contributed by atoms with Gasteiger partial charge in [-0.3, -0.25) is 9.69 Å². The first-order chi connectivity index (χ1) is 11.9. The minimum Gasteiger partial charge on any atom is -0.465 e. The molecule has 1 aliphatic heterocycles. The minimum atomic E-state index is -0.692. The highest BCUT2D eigenvalue weighted by atomic mass is 16.6. The van der Waals surface area contributed by atoms with Gasteiger partial charge >= 0.3 is 12.1 Å². The van der Waals surface area contributed by atoms with Crippen LogP contribution in [0.5, 0.6) is 0 Å². The Morgan fingerprint density at radius 1 is 1.15 bits per heavy atom. The molecule has 0 aromatic carbocycles. The topological polar surface area (TPSA) is 72.9 Å². The van der Waals surface area contributed by atoms with Gasteiger partial charge in [0.05, 0.1) is 7.11 Å². The van der Waals surface area contributed by atoms with E-state index in [9.17, 15) is 14.4 Å². The molecular formula is C20H33NO5. The summed E-state index contributed by atoms with van der Waals surface area (Å²) in [5.41, 5.74) is -0.273. The zero-order valence-electron chi connectivity index (χ0n) is 17.3. The minimum absolute atomic E-state index is 0.0212. The van der Waals surface area contributed by atoms with E-state index in [4.69, 9.17) is 9.47 Å². The third kappa shape index (κ3) is 5.85. The van der Waals surface area contributed by atoms with E-state index >= 15 is 0 Å². The summed E-state index contributed by atoms with van der Waals surface area (Å²) in [5, 5.41) is 0. The molecule has 1 aliphatic rings. The van der Waals surface area contributed by atoms with Gasteiger partial charge in [-0.2, -0.15) is 0 Å². The van der Waals surface area contributed by atoms with Crippen LogP contribution in [0, 0.1) is 11.8 Å². The third-order valence-electron chi connectivity index (χ3n) is 3.97. The summed E-state index contributed by atoms with van der Waals surface area (Å²) in [6.45, 7) is 13.4. The maximum atomic E-state index is 13.0. The van der Waals surface area contributed by atoms with Crippen LogP contribution in [0.25, 0.3) is 0 Å². The Morgan fingerprint density at radius 3 is 2.15 bits per heavy atom. The summed E-state index contributed by atoms with van der Waals surface area (Å²) >= 11 is 0. The molecule has 6 heteroatoms. The Labute approximate surface area is 156 Å². The second-order valence-corrected chi connectivity index (χ2v) is 8.67. The molecule has 0 aliphatic carbocycles. The molecule has 0 spiro atoms. The molecule has 0 radical (unpaired) electrons. The predicted octanol–water partition coefficient (Wildman–Crippen LogP) is 4.08. The van der Waals surface area contributed by atoms with Crippen molar-refractivity contribution < 1.29 is 23.9 Å². The first kappa shape index (κ1) is 22.2. The predicted molar refractivity (Wildman–Crippen MR) is 99.4 cm³/mol. The molecule has 0 saturated carbocycles. The Hall–Kier alpha value is -1.85. The number of hydrogen-bond acceptors (Lipinski definition) is 5. The Morgan fingerprint density at radius 2 is 1.73 bits per heavy atom. The van der Waals surface area contributed by atoms with Crippen molar-refractivity contribution in [3.63, 3.8) is 0 Å². The van der Waals surface area contributed by atoms with Gasteiger partial charge in [-0.15, -0.1) is 0 Å². The van der Waals surface area contributed by atoms with Gasteiger partial charge in [-0.1, -0.05) is 27.7 Å². The maximum Gasteiger partial charge on any atom is 0.414 e. The fraction of sp³-hybridized carbons (Fsp3) is 0.750. The lowest BCUT2D eigenvalue weighted by Crippen LogP contribution is -2.49. The van der Waals surface area contributed by atoms with Crippen molar-refractivity contribution in [1.82, 2.24) is 4.90 Å². The van der Waals surface area contributed by atoms with E-state index < -0.39 is 17.7 Å². The molecule has 0 aromatic rings. The number of Topliss-reactive ketones (excluding diaryl/α,β-unsaturated/α-hetero) is 1. The van der Waals surface area contributed by atoms with Gasteiger partial charge in [-0.25, -0.2) is 9.59 Å². The van der Waals surface area contributed by atoms with E-state index in [1.807, 2.05) is 27.7 Å². The van der Waals surface area contributed by atoms with Crippen LogP contribution >= 0.6 is 0 Å². The van der Waals surface area contributed by atoms with Gasteiger partial charge in [0, 0.05) is 18.2 Å². The van der Waals surface area contributed by atoms with Gasteiger partial charge in [0.1, 0.15) is 11.2 Å². The number of carbonyl (C=O) groups is 3. The van der Waals surface area contributed by atoms with Crippen LogP contribution in [-0.2, 0) is 19.1 Å². The van der Waals surface area contributed by atoms with Crippen LogP contribution in [0.1, 0.15) is 67.7 Å². The highest BCUT2D eigenvalue weighted by Crippen LogP contribution is 2.34. The van der Waals surface area contributed by atoms with Crippen molar-refractivity contribution in [3.8, 4) is 0 Å². The number of carbonyl (C=O) groups excluding carboxylic acids is 3. The Kier molecular flexibility index (Phi) is 7.42. The molecule has 0 saturated heterocycles. The number of amides is 1. The summed E-state index contributed by atoms with van der Waals surface area (Å²) in [6, 6.07) is -0.320. The fourth-order valence-corrected chi connectivity index (χ4v) is 3.13. The van der Waals surface area contributed by atoms with Crippen LogP contribution < -0.4 is 0 Å². The zero-order chi connectivity index (χ0) is 20.2. The van der Waals surface area contributed by atoms with Gasteiger partial charge < -0.3 is 9.47 Å². The number of rotatable bonds is 5. The van der Waals surface area contributed by atoms with Crippen LogP contribution in [0.15, 0.2) is 11.3 Å². The molecule has 1 atom stereocenters. The second kappa shape index (κ2) is 8.69. The molecule has 0 fully saturated rings. The summed E-state index contributed by atoms with van der Waals surface area (Å²) in [4.78, 5) is 39.5. The molecular weight excluding hydrogens is 334 g/mol. The number of hydrogen-bond donors (Lipinski definition) is 0. The normalized spacial score (nSPS) is 18.6. The van der Waals surface area contributed by atoms with E-state index in [0.29, 0.717) is 18.5 Å². The molecule has 1 rings (SSSR count). The Bertz CT molecular complexity index is 583. The SMILES string of the molecule is COC(=O)C1=C(CC(C)C)N(C(=O)OC(C)(C)C)C(CC(C)C)CC1=O. The quantitative estimate of drug-likeness (QED) is 0.541. The Balaban J connectivity index is 3.50. The number of esters is 1. The van der Waals surface area contributed by atoms with Crippen LogP contribution in [0.3, 0.4) is 0 Å². The fourth-order valence-electron chi connectivity index (χ4n) is 3.13. The summed E-state index contributed by atoms with van der Waals surface area (Å²) in [5.74, 6) is -0.516. The monoisotopic (exact) mass is 367 g/mol. The van der Waals surface area contributed by atoms with Crippen molar-refractivity contribution in [2.24, 2.45) is 11.8 Å². The average molecular weight is 367 g/mol. The van der Waals surface area contributed by atoms with Crippen molar-refractivity contribution in [1.29, 1.82) is 0 Å². The van der Waals surface area contributed by atoms with Crippen molar-refractivity contribution in [3.05, 3.63) is 11.3 Å². The molecule has 26 heavy (non-hydrogen) atoms. The number of ketones is 1. The lowest BCUT2D eigenvalue weighted by atomic mass is 9.87. The van der Waals surface area contributed by atoms with Crippen molar-refractivity contribution in [2.45, 2.75) is 79.4 Å². The smallest absolute Gasteiger partial charge is 0.414 e. The van der Waals surface area contributed by atoms with Gasteiger partial charge in [-0.05, 0) is 45.4 Å². The lowest BCUT2D eigenvalue weighted by Gasteiger charge is -2.39. The largest absolute Gasteiger partial charge is 0.465 e. The van der Waals surface area contributed by atoms with Crippen LogP contribution in [-0.4, -0.2) is 41.5 Å². The molecule has 0 N–H and O–H groups in total. The highest BCUT2D eigenvalue weighted by molar-refractivity contribution is 6.19.